The van der Waals surface area contributed by atoms with Gasteiger partial charge in [0.2, 0.25) is 0 Å². The fourth-order valence-electron chi connectivity index (χ4n) is 1.55. The Morgan fingerprint density at radius 1 is 1.79 bits per heavy atom. The van der Waals surface area contributed by atoms with E-state index in [9.17, 15) is 5.11 Å². The Balaban J connectivity index is 2.65. The second kappa shape index (κ2) is 5.01. The van der Waals surface area contributed by atoms with Crippen molar-refractivity contribution in [1.82, 2.24) is 4.98 Å². The molecule has 1 aromatic heterocycles. The third kappa shape index (κ3) is 2.48. The lowest BCUT2D eigenvalue weighted by Crippen LogP contribution is -2.24. The summed E-state index contributed by atoms with van der Waals surface area (Å²) in [5.74, 6) is 0. The molecule has 2 heteroatoms. The van der Waals surface area contributed by atoms with Gasteiger partial charge >= 0.3 is 0 Å². The monoisotopic (exact) mass is 194 g/mol. The van der Waals surface area contributed by atoms with Gasteiger partial charge in [-0.05, 0) is 37.8 Å². The topological polar surface area (TPSA) is 36.0 Å². The quantitative estimate of drug-likeness (QED) is 0.530. The zero-order chi connectivity index (χ0) is 11.1. The molecule has 2 N–H and O–H groups in total. The molecule has 1 atom stereocenters. The Hall–Kier alpha value is -1.02. The van der Waals surface area contributed by atoms with Crippen LogP contribution in [0.4, 0.5) is 0 Å². The van der Waals surface area contributed by atoms with Crippen LogP contribution in [0.15, 0.2) is 31.0 Å². The van der Waals surface area contributed by atoms with Crippen LogP contribution in [0.3, 0.4) is 0 Å². The van der Waals surface area contributed by atoms with Crippen LogP contribution in [-0.4, -0.2) is 10.1 Å². The first-order valence-electron chi connectivity index (χ1n) is 5.70. The molecule has 0 spiro atoms. The first kappa shape index (κ1) is 9.53. The lowest BCUT2D eigenvalue weighted by molar-refractivity contribution is 0.0178. The number of allylic oxidation sites excluding steroid dienone is 1. The predicted molar refractivity (Wildman–Crippen MR) is 59.0 cm³/mol. The van der Waals surface area contributed by atoms with E-state index >= 15 is 0 Å². The molecule has 1 heterocycles. The molecule has 0 saturated heterocycles. The van der Waals surface area contributed by atoms with Crippen molar-refractivity contribution in [2.75, 3.05) is 0 Å². The molecule has 0 aromatic carbocycles. The van der Waals surface area contributed by atoms with Gasteiger partial charge in [-0.2, -0.15) is 0 Å². The number of aromatic amines is 1. The summed E-state index contributed by atoms with van der Waals surface area (Å²) in [6, 6.07) is 3.75. The van der Waals surface area contributed by atoms with Crippen LogP contribution in [0.2, 0.25) is 0 Å². The molecule has 1 unspecified atom stereocenters. The summed E-state index contributed by atoms with van der Waals surface area (Å²) in [5.41, 5.74) is -0.0485. The van der Waals surface area contributed by atoms with Crippen molar-refractivity contribution in [2.24, 2.45) is 0 Å². The van der Waals surface area contributed by atoms with E-state index in [4.69, 9.17) is 1.37 Å². The number of hydrogen-bond acceptors (Lipinski definition) is 1. The van der Waals surface area contributed by atoms with E-state index in [-0.39, 0.29) is 6.90 Å². The smallest absolute Gasteiger partial charge is 0.104 e. The molecule has 14 heavy (non-hydrogen) atoms. The molecule has 2 nitrogen and oxygen atoms in total. The molecular weight excluding hydrogens is 174 g/mol. The van der Waals surface area contributed by atoms with Crippen molar-refractivity contribution in [2.45, 2.75) is 38.2 Å². The van der Waals surface area contributed by atoms with Crippen LogP contribution in [0.25, 0.3) is 0 Å². The Morgan fingerprint density at radius 3 is 3.21 bits per heavy atom. The van der Waals surface area contributed by atoms with Gasteiger partial charge in [-0.1, -0.05) is 13.0 Å². The minimum Gasteiger partial charge on any atom is -0.384 e. The highest BCUT2D eigenvalue weighted by Crippen LogP contribution is 2.29. The van der Waals surface area contributed by atoms with Gasteiger partial charge in [0.15, 0.2) is 0 Å². The molecule has 0 aliphatic rings. The van der Waals surface area contributed by atoms with Crippen molar-refractivity contribution < 1.29 is 6.48 Å². The van der Waals surface area contributed by atoms with Crippen LogP contribution in [0.5, 0.6) is 0 Å². The number of unbranched alkanes of at least 4 members (excludes halogenated alkanes) is 1. The molecule has 1 rings (SSSR count). The van der Waals surface area contributed by atoms with Crippen LogP contribution < -0.4 is 0 Å². The molecule has 78 valence electrons. The third-order valence-corrected chi connectivity index (χ3v) is 2.51. The van der Waals surface area contributed by atoms with Gasteiger partial charge in [-0.3, -0.25) is 0 Å². The average Bonchev–Trinajstić information content (AvgIpc) is 2.72. The second-order valence-corrected chi connectivity index (χ2v) is 3.55. The number of nitrogens with one attached hydrogen (secondary N) is 1. The Kier molecular flexibility index (Phi) is 3.41. The molecule has 0 saturated carbocycles. The van der Waals surface area contributed by atoms with Gasteiger partial charge in [0.1, 0.15) is 5.60 Å². The maximum absolute atomic E-state index is 10.4. The largest absolute Gasteiger partial charge is 0.384 e. The highest BCUT2D eigenvalue weighted by Gasteiger charge is 2.26. The summed E-state index contributed by atoms with van der Waals surface area (Å²) >= 11 is 0. The van der Waals surface area contributed by atoms with Gasteiger partial charge in [0, 0.05) is 13.3 Å². The zero-order valence-electron chi connectivity index (χ0n) is 9.50. The summed E-state index contributed by atoms with van der Waals surface area (Å²) in [5, 5.41) is 10.4. The number of aromatic nitrogens is 1. The molecule has 0 amide bonds. The van der Waals surface area contributed by atoms with Gasteiger partial charge < -0.3 is 10.1 Å². The second-order valence-electron chi connectivity index (χ2n) is 3.55. The van der Waals surface area contributed by atoms with Gasteiger partial charge in [-0.15, -0.1) is 6.58 Å². The van der Waals surface area contributed by atoms with E-state index in [1.54, 1.807) is 6.20 Å². The van der Waals surface area contributed by atoms with Crippen LogP contribution >= 0.6 is 0 Å². The Bertz CT molecular complexity index is 284. The highest BCUT2D eigenvalue weighted by molar-refractivity contribution is 5.13. The highest BCUT2D eigenvalue weighted by atomic mass is 16.3. The van der Waals surface area contributed by atoms with E-state index < -0.39 is 5.60 Å². The number of aliphatic hydroxyl groups is 1. The minimum atomic E-state index is -0.867. The van der Waals surface area contributed by atoms with E-state index in [0.29, 0.717) is 12.8 Å². The van der Waals surface area contributed by atoms with Crippen molar-refractivity contribution >= 4 is 0 Å². The standard InChI is InChI=1S/C12H19NO/c1-3-5-6-9-12(14,4-2)11-8-7-10-13-11/h3,7-8,10,13-14H,1,4-6,9H2,2H3/i2D. The SMILES string of the molecule is [2H]CCC(O)(CCCC=C)c1ccc[nH]1. The lowest BCUT2D eigenvalue weighted by atomic mass is 9.90. The van der Waals surface area contributed by atoms with Crippen molar-refractivity contribution in [3.8, 4) is 0 Å². The maximum atomic E-state index is 10.4. The molecule has 0 bridgehead atoms. The summed E-state index contributed by atoms with van der Waals surface area (Å²) in [6.07, 6.45) is 6.62. The normalized spacial score (nSPS) is 15.9. The van der Waals surface area contributed by atoms with Gasteiger partial charge in [-0.25, -0.2) is 0 Å². The Labute approximate surface area is 87.1 Å². The summed E-state index contributed by atoms with van der Waals surface area (Å²) < 4.78 is 7.25. The van der Waals surface area contributed by atoms with E-state index in [1.807, 2.05) is 18.2 Å². The third-order valence-electron chi connectivity index (χ3n) is 2.51. The van der Waals surface area contributed by atoms with Crippen molar-refractivity contribution in [3.05, 3.63) is 36.7 Å². The van der Waals surface area contributed by atoms with E-state index in [0.717, 1.165) is 18.5 Å². The fraction of sp³-hybridized carbons (Fsp3) is 0.500. The van der Waals surface area contributed by atoms with Gasteiger partial charge in [0.25, 0.3) is 0 Å². The first-order valence-corrected chi connectivity index (χ1v) is 4.99. The van der Waals surface area contributed by atoms with Crippen LogP contribution in [0, 0.1) is 0 Å². The Morgan fingerprint density at radius 2 is 2.64 bits per heavy atom. The predicted octanol–water partition coefficient (Wildman–Crippen LogP) is 2.97. The van der Waals surface area contributed by atoms with E-state index in [2.05, 4.69) is 11.6 Å². The molecule has 0 radical (unpaired) electrons. The fourth-order valence-corrected chi connectivity index (χ4v) is 1.55. The summed E-state index contributed by atoms with van der Waals surface area (Å²) in [6.45, 7) is 3.90. The lowest BCUT2D eigenvalue weighted by Gasteiger charge is -2.25. The molecule has 0 aliphatic heterocycles. The number of hydrogen-bond donors (Lipinski definition) is 2. The zero-order valence-corrected chi connectivity index (χ0v) is 8.50. The van der Waals surface area contributed by atoms with E-state index in [1.165, 1.54) is 0 Å². The maximum Gasteiger partial charge on any atom is 0.104 e. The molecule has 0 aliphatic carbocycles. The molecular formula is C12H19NO. The van der Waals surface area contributed by atoms with Gasteiger partial charge in [0.05, 0.1) is 0 Å². The van der Waals surface area contributed by atoms with Crippen LogP contribution in [-0.2, 0) is 5.60 Å². The van der Waals surface area contributed by atoms with Crippen molar-refractivity contribution in [1.29, 1.82) is 0 Å². The molecule has 0 fully saturated rings. The summed E-state index contributed by atoms with van der Waals surface area (Å²) in [4.78, 5) is 3.03. The number of H-pyrrole nitrogens is 1. The van der Waals surface area contributed by atoms with Crippen molar-refractivity contribution in [3.63, 3.8) is 0 Å². The first-order chi connectivity index (χ1) is 7.23. The average molecular weight is 194 g/mol. The number of rotatable bonds is 6. The molecule has 1 aromatic rings. The van der Waals surface area contributed by atoms with Crippen LogP contribution in [0.1, 0.15) is 39.6 Å². The summed E-state index contributed by atoms with van der Waals surface area (Å²) in [7, 11) is 0. The minimum absolute atomic E-state index is 0.240.